The van der Waals surface area contributed by atoms with Gasteiger partial charge in [0.15, 0.2) is 15.9 Å². The summed E-state index contributed by atoms with van der Waals surface area (Å²) < 4.78 is 41.9. The van der Waals surface area contributed by atoms with E-state index >= 15 is 0 Å². The van der Waals surface area contributed by atoms with E-state index in [4.69, 9.17) is 4.74 Å². The Kier molecular flexibility index (Phi) is 5.55. The van der Waals surface area contributed by atoms with E-state index in [1.54, 1.807) is 26.0 Å². The summed E-state index contributed by atoms with van der Waals surface area (Å²) in [5, 5.41) is 2.69. The molecule has 1 N–H and O–H groups in total. The molecular formula is C19H24FNO5S. The number of hydrogen-bond acceptors (Lipinski definition) is 5. The van der Waals surface area contributed by atoms with Crippen LogP contribution < -0.4 is 5.32 Å². The Morgan fingerprint density at radius 1 is 1.30 bits per heavy atom. The lowest BCUT2D eigenvalue weighted by Gasteiger charge is -2.22. The van der Waals surface area contributed by atoms with Gasteiger partial charge in [0.1, 0.15) is 5.82 Å². The second-order valence-corrected chi connectivity index (χ2v) is 9.94. The Bertz CT molecular complexity index is 838. The van der Waals surface area contributed by atoms with Crippen LogP contribution in [0.15, 0.2) is 24.3 Å². The zero-order chi connectivity index (χ0) is 19.8. The Hall–Kier alpha value is -1.96. The van der Waals surface area contributed by atoms with E-state index in [9.17, 15) is 22.4 Å². The quantitative estimate of drug-likeness (QED) is 0.740. The van der Waals surface area contributed by atoms with Crippen molar-refractivity contribution >= 4 is 21.7 Å². The van der Waals surface area contributed by atoms with Crippen molar-refractivity contribution in [3.8, 4) is 0 Å². The zero-order valence-electron chi connectivity index (χ0n) is 15.4. The Morgan fingerprint density at radius 3 is 2.63 bits per heavy atom. The summed E-state index contributed by atoms with van der Waals surface area (Å²) in [6, 6.07) is 5.69. The molecule has 0 bridgehead atoms. The Morgan fingerprint density at radius 2 is 2.04 bits per heavy atom. The van der Waals surface area contributed by atoms with Crippen molar-refractivity contribution in [2.24, 2.45) is 11.8 Å². The zero-order valence-corrected chi connectivity index (χ0v) is 16.2. The normalized spacial score (nSPS) is 27.2. The molecule has 1 aliphatic carbocycles. The summed E-state index contributed by atoms with van der Waals surface area (Å²) in [6.45, 7) is 3.53. The number of rotatable bonds is 6. The van der Waals surface area contributed by atoms with Crippen LogP contribution in [0.4, 0.5) is 4.39 Å². The van der Waals surface area contributed by atoms with Crippen molar-refractivity contribution in [3.63, 3.8) is 0 Å². The maximum absolute atomic E-state index is 13.3. The molecule has 1 saturated carbocycles. The van der Waals surface area contributed by atoms with Crippen molar-refractivity contribution in [1.82, 2.24) is 5.32 Å². The highest BCUT2D eigenvalue weighted by atomic mass is 32.2. The summed E-state index contributed by atoms with van der Waals surface area (Å²) in [5.41, 5.74) is 0.749. The molecule has 2 fully saturated rings. The summed E-state index contributed by atoms with van der Waals surface area (Å²) >= 11 is 0. The first-order chi connectivity index (χ1) is 12.7. The fraction of sp³-hybridized carbons (Fsp3) is 0.579. The van der Waals surface area contributed by atoms with Crippen LogP contribution in [0.5, 0.6) is 0 Å². The topological polar surface area (TPSA) is 89.5 Å². The minimum Gasteiger partial charge on any atom is -0.452 e. The van der Waals surface area contributed by atoms with Gasteiger partial charge in [0.05, 0.1) is 17.4 Å². The van der Waals surface area contributed by atoms with Gasteiger partial charge in [-0.2, -0.15) is 0 Å². The van der Waals surface area contributed by atoms with Gasteiger partial charge in [-0.05, 0) is 42.4 Å². The van der Waals surface area contributed by atoms with Crippen molar-refractivity contribution in [3.05, 3.63) is 35.6 Å². The van der Waals surface area contributed by atoms with Crippen molar-refractivity contribution in [1.29, 1.82) is 0 Å². The number of nitrogens with one attached hydrogen (secondary N) is 1. The number of sulfone groups is 1. The molecule has 0 spiro atoms. The van der Waals surface area contributed by atoms with Crippen LogP contribution in [0, 0.1) is 17.7 Å². The molecule has 1 heterocycles. The first-order valence-electron chi connectivity index (χ1n) is 9.13. The second-order valence-electron chi connectivity index (χ2n) is 7.71. The first kappa shape index (κ1) is 19.8. The molecule has 8 heteroatoms. The second kappa shape index (κ2) is 7.58. The molecule has 1 amide bonds. The highest BCUT2D eigenvalue weighted by molar-refractivity contribution is 7.91. The highest BCUT2D eigenvalue weighted by Crippen LogP contribution is 2.48. The van der Waals surface area contributed by atoms with Gasteiger partial charge < -0.3 is 10.1 Å². The number of halogens is 1. The average molecular weight is 397 g/mol. The molecule has 4 unspecified atom stereocenters. The standard InChI is InChI=1S/C19H24FNO5S/c1-11(2)17(18(22)21-14-6-7-27(24,25)10-14)26-19(23)16-9-15(16)12-4-3-5-13(20)8-12/h3-5,8,11,14-17H,6-7,9-10H2,1-2H3,(H,21,22). The van der Waals surface area contributed by atoms with Crippen LogP contribution in [-0.4, -0.2) is 43.9 Å². The van der Waals surface area contributed by atoms with E-state index in [1.807, 2.05) is 0 Å². The van der Waals surface area contributed by atoms with Crippen LogP contribution in [-0.2, 0) is 24.2 Å². The summed E-state index contributed by atoms with van der Waals surface area (Å²) in [5.74, 6) is -2.04. The Balaban J connectivity index is 1.58. The number of ether oxygens (including phenoxy) is 1. The highest BCUT2D eigenvalue weighted by Gasteiger charge is 2.47. The van der Waals surface area contributed by atoms with Gasteiger partial charge in [0.2, 0.25) is 0 Å². The van der Waals surface area contributed by atoms with Gasteiger partial charge in [-0.3, -0.25) is 9.59 Å². The molecule has 0 aromatic heterocycles. The maximum Gasteiger partial charge on any atom is 0.310 e. The van der Waals surface area contributed by atoms with E-state index in [-0.39, 0.29) is 35.1 Å². The number of benzene rings is 1. The smallest absolute Gasteiger partial charge is 0.310 e. The molecule has 3 rings (SSSR count). The van der Waals surface area contributed by atoms with E-state index in [1.165, 1.54) is 12.1 Å². The number of hydrogen-bond donors (Lipinski definition) is 1. The minimum absolute atomic E-state index is 0.0570. The minimum atomic E-state index is -3.11. The van der Waals surface area contributed by atoms with Crippen molar-refractivity contribution < 1.29 is 27.1 Å². The number of esters is 1. The van der Waals surface area contributed by atoms with Gasteiger partial charge in [0, 0.05) is 6.04 Å². The van der Waals surface area contributed by atoms with Gasteiger partial charge in [0.25, 0.3) is 5.91 Å². The summed E-state index contributed by atoms with van der Waals surface area (Å²) in [6.07, 6.45) is -0.0401. The lowest BCUT2D eigenvalue weighted by Crippen LogP contribution is -2.46. The van der Waals surface area contributed by atoms with Gasteiger partial charge in [-0.1, -0.05) is 26.0 Å². The molecule has 2 aliphatic rings. The van der Waals surface area contributed by atoms with Gasteiger partial charge in [-0.15, -0.1) is 0 Å². The first-order valence-corrected chi connectivity index (χ1v) is 10.9. The van der Waals surface area contributed by atoms with Crippen LogP contribution in [0.2, 0.25) is 0 Å². The fourth-order valence-electron chi connectivity index (χ4n) is 3.46. The van der Waals surface area contributed by atoms with Crippen LogP contribution in [0.3, 0.4) is 0 Å². The summed E-state index contributed by atoms with van der Waals surface area (Å²) in [4.78, 5) is 24.9. The molecule has 1 saturated heterocycles. The summed E-state index contributed by atoms with van der Waals surface area (Å²) in [7, 11) is -3.11. The number of amides is 1. The molecule has 27 heavy (non-hydrogen) atoms. The third kappa shape index (κ3) is 4.86. The van der Waals surface area contributed by atoms with Gasteiger partial charge in [-0.25, -0.2) is 12.8 Å². The van der Waals surface area contributed by atoms with Crippen LogP contribution in [0.25, 0.3) is 0 Å². The van der Waals surface area contributed by atoms with Crippen LogP contribution >= 0.6 is 0 Å². The van der Waals surface area contributed by atoms with E-state index in [0.717, 1.165) is 5.56 Å². The lowest BCUT2D eigenvalue weighted by molar-refractivity contribution is -0.160. The third-order valence-corrected chi connectivity index (χ3v) is 6.82. The molecule has 148 valence electrons. The molecule has 1 aliphatic heterocycles. The molecular weight excluding hydrogens is 373 g/mol. The van der Waals surface area contributed by atoms with Gasteiger partial charge >= 0.3 is 5.97 Å². The lowest BCUT2D eigenvalue weighted by atomic mass is 10.1. The maximum atomic E-state index is 13.3. The predicted octanol–water partition coefficient (Wildman–Crippen LogP) is 1.80. The van der Waals surface area contributed by atoms with Crippen molar-refractivity contribution in [2.75, 3.05) is 11.5 Å². The number of carbonyl (C=O) groups excluding carboxylic acids is 2. The number of carbonyl (C=O) groups is 2. The largest absolute Gasteiger partial charge is 0.452 e. The SMILES string of the molecule is CC(C)C(OC(=O)C1CC1c1cccc(F)c1)C(=O)NC1CCS(=O)(=O)C1. The molecule has 4 atom stereocenters. The van der Waals surface area contributed by atoms with E-state index in [2.05, 4.69) is 5.32 Å². The van der Waals surface area contributed by atoms with E-state index < -0.39 is 33.9 Å². The molecule has 0 radical (unpaired) electrons. The fourth-order valence-corrected chi connectivity index (χ4v) is 5.13. The molecule has 1 aromatic rings. The molecule has 1 aromatic carbocycles. The average Bonchev–Trinajstić information content (AvgIpc) is 3.31. The van der Waals surface area contributed by atoms with Crippen molar-refractivity contribution in [2.45, 2.75) is 44.8 Å². The van der Waals surface area contributed by atoms with Crippen LogP contribution in [0.1, 0.15) is 38.2 Å². The monoisotopic (exact) mass is 397 g/mol. The van der Waals surface area contributed by atoms with E-state index in [0.29, 0.717) is 12.8 Å². The third-order valence-electron chi connectivity index (χ3n) is 5.06. The predicted molar refractivity (Wildman–Crippen MR) is 97.2 cm³/mol. The Labute approximate surface area is 158 Å². The molecule has 6 nitrogen and oxygen atoms in total.